The molecule has 3 unspecified atom stereocenters. The molecular weight excluding hydrogens is 378 g/mol. The van der Waals surface area contributed by atoms with Gasteiger partial charge in [-0.25, -0.2) is 4.79 Å². The van der Waals surface area contributed by atoms with Gasteiger partial charge in [-0.15, -0.1) is 0 Å². The van der Waals surface area contributed by atoms with Crippen molar-refractivity contribution in [2.24, 2.45) is 0 Å². The van der Waals surface area contributed by atoms with Gasteiger partial charge in [-0.05, 0) is 38.1 Å². The fourth-order valence-electron chi connectivity index (χ4n) is 4.06. The molecule has 28 heavy (non-hydrogen) atoms. The Balaban J connectivity index is 1.54. The molecule has 0 aromatic carbocycles. The zero-order valence-electron chi connectivity index (χ0n) is 16.4. The van der Waals surface area contributed by atoms with Gasteiger partial charge < -0.3 is 20.9 Å². The van der Waals surface area contributed by atoms with Gasteiger partial charge >= 0.3 is 6.03 Å². The van der Waals surface area contributed by atoms with E-state index in [0.717, 1.165) is 5.69 Å². The van der Waals surface area contributed by atoms with Crippen LogP contribution in [0.2, 0.25) is 0 Å². The molecule has 154 valence electrons. The molecule has 3 rings (SSSR count). The van der Waals surface area contributed by atoms with Gasteiger partial charge in [0.1, 0.15) is 0 Å². The molecule has 1 aromatic heterocycles. The molecule has 0 saturated carbocycles. The van der Waals surface area contributed by atoms with Crippen LogP contribution in [0.3, 0.4) is 0 Å². The fourth-order valence-corrected chi connectivity index (χ4v) is 4.65. The highest BCUT2D eigenvalue weighted by Gasteiger charge is 2.43. The second-order valence-electron chi connectivity index (χ2n) is 7.26. The van der Waals surface area contributed by atoms with E-state index in [2.05, 4.69) is 20.9 Å². The predicted octanol–water partition coefficient (Wildman–Crippen LogP) is 1.46. The number of urea groups is 1. The van der Waals surface area contributed by atoms with E-state index in [9.17, 15) is 14.4 Å². The molecule has 2 aliphatic rings. The highest BCUT2D eigenvalue weighted by Crippen LogP contribution is 2.26. The third-order valence-electron chi connectivity index (χ3n) is 5.54. The summed E-state index contributed by atoms with van der Waals surface area (Å²) in [5.41, 5.74) is 0.767. The summed E-state index contributed by atoms with van der Waals surface area (Å²) in [7, 11) is 0. The van der Waals surface area contributed by atoms with Gasteiger partial charge in [0.15, 0.2) is 0 Å². The number of anilines is 1. The minimum atomic E-state index is -0.253. The van der Waals surface area contributed by atoms with Crippen molar-refractivity contribution in [2.75, 3.05) is 31.5 Å². The van der Waals surface area contributed by atoms with E-state index in [1.807, 2.05) is 35.6 Å². The highest BCUT2D eigenvalue weighted by atomic mass is 32.1. The Morgan fingerprint density at radius 2 is 2.14 bits per heavy atom. The zero-order chi connectivity index (χ0) is 20.1. The Labute approximate surface area is 169 Å². The molecule has 2 aliphatic heterocycles. The van der Waals surface area contributed by atoms with Crippen LogP contribution in [0.4, 0.5) is 10.5 Å². The van der Waals surface area contributed by atoms with Gasteiger partial charge in [-0.2, -0.15) is 11.3 Å². The monoisotopic (exact) mass is 407 g/mol. The number of thiophene rings is 1. The highest BCUT2D eigenvalue weighted by molar-refractivity contribution is 7.08. The van der Waals surface area contributed by atoms with Crippen molar-refractivity contribution in [3.63, 3.8) is 0 Å². The topological polar surface area (TPSA) is 93.8 Å². The van der Waals surface area contributed by atoms with Crippen molar-refractivity contribution in [3.05, 3.63) is 16.8 Å². The minimum absolute atomic E-state index is 0.00821. The third-order valence-corrected chi connectivity index (χ3v) is 6.23. The summed E-state index contributed by atoms with van der Waals surface area (Å²) < 4.78 is 0. The van der Waals surface area contributed by atoms with E-state index in [0.29, 0.717) is 45.4 Å². The Hall–Kier alpha value is -2.13. The quantitative estimate of drug-likeness (QED) is 0.638. The Morgan fingerprint density at radius 3 is 2.82 bits per heavy atom. The first kappa shape index (κ1) is 20.6. The molecule has 1 aromatic rings. The molecule has 3 N–H and O–H groups in total. The number of hydrogen-bond donors (Lipinski definition) is 3. The molecule has 0 bridgehead atoms. The first-order valence-electron chi connectivity index (χ1n) is 9.92. The van der Waals surface area contributed by atoms with Crippen molar-refractivity contribution in [1.82, 2.24) is 20.4 Å². The summed E-state index contributed by atoms with van der Waals surface area (Å²) in [4.78, 5) is 40.8. The SMILES string of the molecule is CCN(CC)C(=O)CCC1CNC(=O)C2CC(NC(=O)Nc3ccsc3)CN12. The van der Waals surface area contributed by atoms with Crippen LogP contribution in [0.1, 0.15) is 33.1 Å². The molecule has 8 nitrogen and oxygen atoms in total. The summed E-state index contributed by atoms with van der Waals surface area (Å²) in [5, 5.41) is 12.5. The minimum Gasteiger partial charge on any atom is -0.353 e. The second kappa shape index (κ2) is 9.38. The van der Waals surface area contributed by atoms with E-state index in [4.69, 9.17) is 0 Å². The second-order valence-corrected chi connectivity index (χ2v) is 8.04. The first-order chi connectivity index (χ1) is 13.5. The lowest BCUT2D eigenvalue weighted by atomic mass is 10.0. The average Bonchev–Trinajstić information content (AvgIpc) is 3.32. The maximum absolute atomic E-state index is 12.3. The van der Waals surface area contributed by atoms with Crippen LogP contribution < -0.4 is 16.0 Å². The number of hydrogen-bond acceptors (Lipinski definition) is 5. The lowest BCUT2D eigenvalue weighted by Crippen LogP contribution is -2.58. The molecule has 4 amide bonds. The number of piperazine rings is 1. The van der Waals surface area contributed by atoms with Crippen LogP contribution in [0.5, 0.6) is 0 Å². The lowest BCUT2D eigenvalue weighted by Gasteiger charge is -2.37. The molecular formula is C19H29N5O3S. The van der Waals surface area contributed by atoms with Gasteiger partial charge in [-0.1, -0.05) is 0 Å². The zero-order valence-corrected chi connectivity index (χ0v) is 17.3. The molecule has 2 fully saturated rings. The summed E-state index contributed by atoms with van der Waals surface area (Å²) >= 11 is 1.52. The smallest absolute Gasteiger partial charge is 0.319 e. The van der Waals surface area contributed by atoms with Crippen LogP contribution in [-0.4, -0.2) is 71.9 Å². The Morgan fingerprint density at radius 1 is 1.36 bits per heavy atom. The number of amides is 4. The predicted molar refractivity (Wildman–Crippen MR) is 109 cm³/mol. The average molecular weight is 408 g/mol. The number of rotatable bonds is 7. The van der Waals surface area contributed by atoms with E-state index < -0.39 is 0 Å². The molecule has 3 atom stereocenters. The normalized spacial score (nSPS) is 24.4. The number of nitrogens with one attached hydrogen (secondary N) is 3. The molecule has 2 saturated heterocycles. The van der Waals surface area contributed by atoms with Crippen LogP contribution in [0, 0.1) is 0 Å². The van der Waals surface area contributed by atoms with Crippen molar-refractivity contribution in [3.8, 4) is 0 Å². The summed E-state index contributed by atoms with van der Waals surface area (Å²) in [6.07, 6.45) is 1.77. The third kappa shape index (κ3) is 4.82. The van der Waals surface area contributed by atoms with Crippen molar-refractivity contribution in [1.29, 1.82) is 0 Å². The number of carbonyl (C=O) groups is 3. The van der Waals surface area contributed by atoms with Gasteiger partial charge in [0.2, 0.25) is 11.8 Å². The fraction of sp³-hybridized carbons (Fsp3) is 0.632. The number of fused-ring (bicyclic) bond motifs is 1. The maximum Gasteiger partial charge on any atom is 0.319 e. The number of carbonyl (C=O) groups excluding carboxylic acids is 3. The van der Waals surface area contributed by atoms with Gasteiger partial charge in [0.05, 0.1) is 11.7 Å². The molecule has 0 aliphatic carbocycles. The van der Waals surface area contributed by atoms with Crippen molar-refractivity contribution < 1.29 is 14.4 Å². The first-order valence-corrected chi connectivity index (χ1v) is 10.9. The summed E-state index contributed by atoms with van der Waals surface area (Å²) in [5.74, 6) is 0.163. The van der Waals surface area contributed by atoms with Crippen LogP contribution in [0.25, 0.3) is 0 Å². The lowest BCUT2D eigenvalue weighted by molar-refractivity contribution is -0.132. The summed E-state index contributed by atoms with van der Waals surface area (Å²) in [6, 6.07) is 1.38. The van der Waals surface area contributed by atoms with E-state index >= 15 is 0 Å². The molecule has 3 heterocycles. The maximum atomic E-state index is 12.3. The molecule has 0 spiro atoms. The molecule has 0 radical (unpaired) electrons. The van der Waals surface area contributed by atoms with E-state index in [1.165, 1.54) is 11.3 Å². The Kier molecular flexibility index (Phi) is 6.90. The van der Waals surface area contributed by atoms with Crippen LogP contribution in [0.15, 0.2) is 16.8 Å². The van der Waals surface area contributed by atoms with E-state index in [-0.39, 0.29) is 36.0 Å². The van der Waals surface area contributed by atoms with Gasteiger partial charge in [0.25, 0.3) is 0 Å². The Bertz CT molecular complexity index is 692. The van der Waals surface area contributed by atoms with Crippen LogP contribution in [-0.2, 0) is 9.59 Å². The van der Waals surface area contributed by atoms with E-state index in [1.54, 1.807) is 0 Å². The van der Waals surface area contributed by atoms with Crippen molar-refractivity contribution in [2.45, 2.75) is 51.2 Å². The van der Waals surface area contributed by atoms with Gasteiger partial charge in [0, 0.05) is 50.1 Å². The van der Waals surface area contributed by atoms with Crippen molar-refractivity contribution >= 4 is 34.9 Å². The summed E-state index contributed by atoms with van der Waals surface area (Å²) in [6.45, 7) is 6.57. The molecule has 9 heteroatoms. The standard InChI is InChI=1S/C19H29N5O3S/c1-3-23(4-2)17(25)6-5-15-10-20-18(26)16-9-14(11-24(15)16)22-19(27)21-13-7-8-28-12-13/h7-8,12,14-16H,3-6,9-11H2,1-2H3,(H,20,26)(H2,21,22,27). The van der Waals surface area contributed by atoms with Gasteiger partial charge in [-0.3, -0.25) is 14.5 Å². The number of nitrogens with zero attached hydrogens (tertiary/aromatic N) is 2. The van der Waals surface area contributed by atoms with Crippen LogP contribution >= 0.6 is 11.3 Å². The largest absolute Gasteiger partial charge is 0.353 e.